The Morgan fingerprint density at radius 2 is 1.42 bits per heavy atom. The summed E-state index contributed by atoms with van der Waals surface area (Å²) in [5, 5.41) is 0. The van der Waals surface area contributed by atoms with Crippen molar-refractivity contribution in [2.24, 2.45) is 17.8 Å². The molecule has 31 heavy (non-hydrogen) atoms. The SMILES string of the molecule is CCCCCC1CCC(C2CCC(c3ccc(C(=O)C(F)(F)CCC)cc3)CC2)CC1. The van der Waals surface area contributed by atoms with Gasteiger partial charge in [-0.05, 0) is 74.2 Å². The molecule has 0 aliphatic heterocycles. The van der Waals surface area contributed by atoms with Crippen LogP contribution in [-0.2, 0) is 0 Å². The van der Waals surface area contributed by atoms with E-state index < -0.39 is 11.7 Å². The van der Waals surface area contributed by atoms with Crippen LogP contribution in [0.1, 0.15) is 126 Å². The van der Waals surface area contributed by atoms with Gasteiger partial charge in [0.1, 0.15) is 0 Å². The Morgan fingerprint density at radius 1 is 0.839 bits per heavy atom. The molecular weight excluding hydrogens is 390 g/mol. The first kappa shape index (κ1) is 24.4. The van der Waals surface area contributed by atoms with Crippen molar-refractivity contribution in [2.75, 3.05) is 0 Å². The van der Waals surface area contributed by atoms with Gasteiger partial charge in [-0.3, -0.25) is 4.79 Å². The fourth-order valence-electron chi connectivity index (χ4n) is 6.10. The summed E-state index contributed by atoms with van der Waals surface area (Å²) in [5.41, 5.74) is 1.36. The second-order valence-corrected chi connectivity index (χ2v) is 10.3. The highest BCUT2D eigenvalue weighted by Crippen LogP contribution is 2.44. The summed E-state index contributed by atoms with van der Waals surface area (Å²) in [7, 11) is 0. The van der Waals surface area contributed by atoms with Crippen molar-refractivity contribution in [1.29, 1.82) is 0 Å². The highest BCUT2D eigenvalue weighted by Gasteiger charge is 2.38. The van der Waals surface area contributed by atoms with Crippen LogP contribution in [-0.4, -0.2) is 11.7 Å². The lowest BCUT2D eigenvalue weighted by molar-refractivity contribution is 0.00453. The lowest BCUT2D eigenvalue weighted by atomic mass is 9.68. The fourth-order valence-corrected chi connectivity index (χ4v) is 6.10. The van der Waals surface area contributed by atoms with Crippen molar-refractivity contribution in [3.8, 4) is 0 Å². The molecule has 0 N–H and O–H groups in total. The van der Waals surface area contributed by atoms with E-state index in [0.717, 1.165) is 17.8 Å². The number of carbonyl (C=O) groups excluding carboxylic acids is 1. The molecule has 1 nitrogen and oxygen atoms in total. The molecule has 0 saturated heterocycles. The first-order valence-corrected chi connectivity index (χ1v) is 13.0. The van der Waals surface area contributed by atoms with Crippen LogP contribution in [0.25, 0.3) is 0 Å². The highest BCUT2D eigenvalue weighted by molar-refractivity contribution is 6.01. The quantitative estimate of drug-likeness (QED) is 0.266. The van der Waals surface area contributed by atoms with E-state index in [1.165, 1.54) is 82.6 Å². The van der Waals surface area contributed by atoms with E-state index in [-0.39, 0.29) is 12.0 Å². The molecule has 2 aliphatic rings. The third kappa shape index (κ3) is 6.62. The van der Waals surface area contributed by atoms with Crippen LogP contribution in [0, 0.1) is 17.8 Å². The average molecular weight is 433 g/mol. The van der Waals surface area contributed by atoms with E-state index in [2.05, 4.69) is 6.92 Å². The van der Waals surface area contributed by atoms with Gasteiger partial charge in [0.2, 0.25) is 5.78 Å². The van der Waals surface area contributed by atoms with Crippen molar-refractivity contribution in [2.45, 2.75) is 116 Å². The molecule has 2 saturated carbocycles. The van der Waals surface area contributed by atoms with Crippen LogP contribution in [0.5, 0.6) is 0 Å². The van der Waals surface area contributed by atoms with Crippen LogP contribution in [0.2, 0.25) is 0 Å². The second kappa shape index (κ2) is 11.6. The molecule has 3 rings (SSSR count). The van der Waals surface area contributed by atoms with Crippen molar-refractivity contribution in [3.63, 3.8) is 0 Å². The molecule has 0 amide bonds. The summed E-state index contributed by atoms with van der Waals surface area (Å²) in [6.07, 6.45) is 16.2. The Bertz CT molecular complexity index is 665. The normalized spacial score (nSPS) is 27.2. The Balaban J connectivity index is 1.45. The molecular formula is C28H42F2O. The molecule has 2 fully saturated rings. The number of benzene rings is 1. The zero-order valence-corrected chi connectivity index (χ0v) is 19.7. The Kier molecular flexibility index (Phi) is 9.10. The molecule has 0 bridgehead atoms. The molecule has 0 spiro atoms. The van der Waals surface area contributed by atoms with E-state index >= 15 is 0 Å². The maximum Gasteiger partial charge on any atom is 0.309 e. The monoisotopic (exact) mass is 432 g/mol. The highest BCUT2D eigenvalue weighted by atomic mass is 19.3. The van der Waals surface area contributed by atoms with Gasteiger partial charge in [-0.2, -0.15) is 8.78 Å². The average Bonchev–Trinajstić information content (AvgIpc) is 2.79. The van der Waals surface area contributed by atoms with Crippen molar-refractivity contribution in [1.82, 2.24) is 0 Å². The number of carbonyl (C=O) groups is 1. The van der Waals surface area contributed by atoms with Crippen molar-refractivity contribution >= 4 is 5.78 Å². The molecule has 1 aromatic carbocycles. The van der Waals surface area contributed by atoms with Crippen LogP contribution in [0.3, 0.4) is 0 Å². The van der Waals surface area contributed by atoms with Crippen LogP contribution >= 0.6 is 0 Å². The Labute approximate surface area is 188 Å². The number of halogens is 2. The number of ketones is 1. The maximum atomic E-state index is 13.9. The minimum absolute atomic E-state index is 0.145. The number of hydrogen-bond donors (Lipinski definition) is 0. The standard InChI is InChI=1S/C28H42F2O/c1-3-5-6-7-21-8-10-22(11-9-21)23-12-14-24(15-13-23)25-16-18-26(19-17-25)27(31)28(29,30)20-4-2/h16-19,21-24H,3-15,20H2,1-2H3. The molecule has 2 aliphatic carbocycles. The Morgan fingerprint density at radius 3 is 1.97 bits per heavy atom. The Hall–Kier alpha value is -1.25. The predicted molar refractivity (Wildman–Crippen MR) is 125 cm³/mol. The van der Waals surface area contributed by atoms with Gasteiger partial charge in [-0.15, -0.1) is 0 Å². The molecule has 0 atom stereocenters. The summed E-state index contributed by atoms with van der Waals surface area (Å²) in [6, 6.07) is 7.07. The molecule has 0 aromatic heterocycles. The van der Waals surface area contributed by atoms with E-state index in [1.54, 1.807) is 19.1 Å². The molecule has 0 heterocycles. The van der Waals surface area contributed by atoms with E-state index in [9.17, 15) is 13.6 Å². The zero-order valence-electron chi connectivity index (χ0n) is 19.7. The largest absolute Gasteiger partial charge is 0.309 e. The lowest BCUT2D eigenvalue weighted by Gasteiger charge is -2.38. The smallest absolute Gasteiger partial charge is 0.287 e. The molecule has 3 heteroatoms. The van der Waals surface area contributed by atoms with Gasteiger partial charge < -0.3 is 0 Å². The minimum atomic E-state index is -3.25. The number of hydrogen-bond acceptors (Lipinski definition) is 1. The predicted octanol–water partition coefficient (Wildman–Crippen LogP) is 8.97. The molecule has 174 valence electrons. The van der Waals surface area contributed by atoms with E-state index in [4.69, 9.17) is 0 Å². The number of rotatable bonds is 10. The summed E-state index contributed by atoms with van der Waals surface area (Å²) in [5.74, 6) is -0.990. The van der Waals surface area contributed by atoms with Gasteiger partial charge in [0.05, 0.1) is 0 Å². The van der Waals surface area contributed by atoms with E-state index in [1.807, 2.05) is 12.1 Å². The summed E-state index contributed by atoms with van der Waals surface area (Å²) in [4.78, 5) is 12.1. The number of alkyl halides is 2. The molecule has 0 unspecified atom stereocenters. The number of Topliss-reactive ketones (excluding diaryl/α,β-unsaturated/α-hetero) is 1. The van der Waals surface area contributed by atoms with Gasteiger partial charge in [0.15, 0.2) is 0 Å². The number of unbranched alkanes of at least 4 members (excludes halogenated alkanes) is 2. The van der Waals surface area contributed by atoms with Gasteiger partial charge in [-0.25, -0.2) is 0 Å². The summed E-state index contributed by atoms with van der Waals surface area (Å²) < 4.78 is 27.9. The van der Waals surface area contributed by atoms with Crippen LogP contribution < -0.4 is 0 Å². The first-order chi connectivity index (χ1) is 14.9. The van der Waals surface area contributed by atoms with Crippen molar-refractivity contribution < 1.29 is 13.6 Å². The first-order valence-electron chi connectivity index (χ1n) is 13.0. The minimum Gasteiger partial charge on any atom is -0.287 e. The van der Waals surface area contributed by atoms with Crippen LogP contribution in [0.15, 0.2) is 24.3 Å². The summed E-state index contributed by atoms with van der Waals surface area (Å²) in [6.45, 7) is 3.97. The van der Waals surface area contributed by atoms with Crippen molar-refractivity contribution in [3.05, 3.63) is 35.4 Å². The topological polar surface area (TPSA) is 17.1 Å². The third-order valence-electron chi connectivity index (χ3n) is 8.09. The van der Waals surface area contributed by atoms with Gasteiger partial charge in [0, 0.05) is 12.0 Å². The fraction of sp³-hybridized carbons (Fsp3) is 0.750. The van der Waals surface area contributed by atoms with Gasteiger partial charge >= 0.3 is 5.92 Å². The van der Waals surface area contributed by atoms with E-state index in [0.29, 0.717) is 12.3 Å². The van der Waals surface area contributed by atoms with Gasteiger partial charge in [0.25, 0.3) is 0 Å². The molecule has 0 radical (unpaired) electrons. The van der Waals surface area contributed by atoms with Gasteiger partial charge in [-0.1, -0.05) is 76.6 Å². The molecule has 1 aromatic rings. The third-order valence-corrected chi connectivity index (χ3v) is 8.09. The zero-order chi connectivity index (χ0) is 22.3. The second-order valence-electron chi connectivity index (χ2n) is 10.3. The maximum absolute atomic E-state index is 13.9. The van der Waals surface area contributed by atoms with Crippen LogP contribution in [0.4, 0.5) is 8.78 Å². The lowest BCUT2D eigenvalue weighted by Crippen LogP contribution is -2.28. The summed E-state index contributed by atoms with van der Waals surface area (Å²) >= 11 is 0.